The van der Waals surface area contributed by atoms with Gasteiger partial charge in [-0.05, 0) is 37.4 Å². The Morgan fingerprint density at radius 1 is 1.50 bits per heavy atom. The summed E-state index contributed by atoms with van der Waals surface area (Å²) in [6, 6.07) is 4.96. The molecule has 2 atom stereocenters. The van der Waals surface area contributed by atoms with Gasteiger partial charge in [0.05, 0.1) is 11.0 Å². The molecule has 110 valence electrons. The summed E-state index contributed by atoms with van der Waals surface area (Å²) in [6.07, 6.45) is 1.44. The first-order valence-corrected chi connectivity index (χ1v) is 6.94. The van der Waals surface area contributed by atoms with Crippen molar-refractivity contribution in [3.63, 3.8) is 0 Å². The van der Waals surface area contributed by atoms with Crippen LogP contribution in [0.1, 0.15) is 31.7 Å². The quantitative estimate of drug-likeness (QED) is 0.615. The molecule has 1 fully saturated rings. The third-order valence-corrected chi connectivity index (χ3v) is 3.50. The predicted octanol–water partition coefficient (Wildman–Crippen LogP) is 2.00. The number of aliphatic hydroxyl groups excluding tert-OH is 1. The summed E-state index contributed by atoms with van der Waals surface area (Å²) in [5, 5.41) is 24.0. The van der Waals surface area contributed by atoms with Gasteiger partial charge in [0.2, 0.25) is 0 Å². The zero-order valence-electron chi connectivity index (χ0n) is 11.5. The fourth-order valence-corrected chi connectivity index (χ4v) is 2.39. The Bertz CT molecular complexity index is 478. The van der Waals surface area contributed by atoms with Gasteiger partial charge >= 0.3 is 5.69 Å². The van der Waals surface area contributed by atoms with Gasteiger partial charge in [0.1, 0.15) is 6.10 Å². The monoisotopic (exact) mass is 280 g/mol. The molecule has 0 saturated heterocycles. The van der Waals surface area contributed by atoms with Crippen molar-refractivity contribution in [2.24, 2.45) is 0 Å². The summed E-state index contributed by atoms with van der Waals surface area (Å²) in [4.78, 5) is 10.7. The van der Waals surface area contributed by atoms with Crippen molar-refractivity contribution in [2.75, 3.05) is 6.54 Å². The standard InChI is InChI=1S/C14H20N2O4/c1-2-15-9-10-6-7-13(11(8-10)16(18)19)20-14-5-3-4-12(14)17/h6-8,12,14-15,17H,2-5,9H2,1H3. The minimum atomic E-state index is -0.531. The largest absolute Gasteiger partial charge is 0.481 e. The average Bonchev–Trinajstić information content (AvgIpc) is 2.83. The molecule has 1 aromatic rings. The molecular formula is C14H20N2O4. The number of nitrogens with one attached hydrogen (secondary N) is 1. The number of hydrogen-bond donors (Lipinski definition) is 2. The van der Waals surface area contributed by atoms with Crippen LogP contribution in [0.2, 0.25) is 0 Å². The Morgan fingerprint density at radius 2 is 2.30 bits per heavy atom. The molecular weight excluding hydrogens is 260 g/mol. The van der Waals surface area contributed by atoms with Gasteiger partial charge in [0, 0.05) is 12.6 Å². The fourth-order valence-electron chi connectivity index (χ4n) is 2.39. The highest BCUT2D eigenvalue weighted by Crippen LogP contribution is 2.32. The van der Waals surface area contributed by atoms with Crippen LogP contribution in [0.4, 0.5) is 5.69 Å². The molecule has 0 spiro atoms. The van der Waals surface area contributed by atoms with Crippen molar-refractivity contribution < 1.29 is 14.8 Å². The average molecular weight is 280 g/mol. The van der Waals surface area contributed by atoms with Gasteiger partial charge < -0.3 is 15.2 Å². The van der Waals surface area contributed by atoms with Gasteiger partial charge in [-0.2, -0.15) is 0 Å². The van der Waals surface area contributed by atoms with E-state index in [9.17, 15) is 15.2 Å². The van der Waals surface area contributed by atoms with E-state index < -0.39 is 11.0 Å². The molecule has 0 heterocycles. The molecule has 0 amide bonds. The molecule has 0 bridgehead atoms. The molecule has 0 radical (unpaired) electrons. The number of nitrogens with zero attached hydrogens (tertiary/aromatic N) is 1. The summed E-state index contributed by atoms with van der Waals surface area (Å²) in [5.74, 6) is 0.237. The van der Waals surface area contributed by atoms with Crippen LogP contribution in [-0.4, -0.2) is 28.8 Å². The molecule has 1 aliphatic rings. The van der Waals surface area contributed by atoms with Crippen molar-refractivity contribution in [1.82, 2.24) is 5.32 Å². The molecule has 1 saturated carbocycles. The van der Waals surface area contributed by atoms with Crippen LogP contribution >= 0.6 is 0 Å². The van der Waals surface area contributed by atoms with E-state index in [4.69, 9.17) is 4.74 Å². The topological polar surface area (TPSA) is 84.6 Å². The number of nitro benzene ring substituents is 1. The zero-order valence-corrected chi connectivity index (χ0v) is 11.5. The molecule has 0 aromatic heterocycles. The molecule has 6 nitrogen and oxygen atoms in total. The van der Waals surface area contributed by atoms with E-state index in [0.29, 0.717) is 13.0 Å². The van der Waals surface area contributed by atoms with E-state index in [2.05, 4.69) is 5.32 Å². The maximum absolute atomic E-state index is 11.1. The minimum absolute atomic E-state index is 0.0421. The van der Waals surface area contributed by atoms with E-state index in [1.165, 1.54) is 6.07 Å². The molecule has 1 aliphatic carbocycles. The SMILES string of the molecule is CCNCc1ccc(OC2CCCC2O)c([N+](=O)[O-])c1. The van der Waals surface area contributed by atoms with Crippen molar-refractivity contribution in [3.05, 3.63) is 33.9 Å². The number of nitro groups is 1. The molecule has 2 unspecified atom stereocenters. The summed E-state index contributed by atoms with van der Waals surface area (Å²) in [5.41, 5.74) is 0.803. The van der Waals surface area contributed by atoms with Crippen LogP contribution in [0.25, 0.3) is 0 Å². The van der Waals surface area contributed by atoms with Crippen LogP contribution in [0, 0.1) is 10.1 Å². The van der Waals surface area contributed by atoms with Crippen LogP contribution in [-0.2, 0) is 6.54 Å². The molecule has 20 heavy (non-hydrogen) atoms. The van der Waals surface area contributed by atoms with Gasteiger partial charge in [-0.3, -0.25) is 10.1 Å². The lowest BCUT2D eigenvalue weighted by molar-refractivity contribution is -0.386. The van der Waals surface area contributed by atoms with E-state index in [1.54, 1.807) is 6.07 Å². The predicted molar refractivity (Wildman–Crippen MR) is 74.8 cm³/mol. The molecule has 2 N–H and O–H groups in total. The number of rotatable bonds is 6. The first kappa shape index (κ1) is 14.7. The van der Waals surface area contributed by atoms with Crippen molar-refractivity contribution in [3.8, 4) is 5.75 Å². The summed E-state index contributed by atoms with van der Waals surface area (Å²) < 4.78 is 5.63. The maximum atomic E-state index is 11.1. The Hall–Kier alpha value is -1.66. The van der Waals surface area contributed by atoms with Gasteiger partial charge in [0.15, 0.2) is 5.75 Å². The lowest BCUT2D eigenvalue weighted by Gasteiger charge is -2.17. The summed E-state index contributed by atoms with van der Waals surface area (Å²) in [7, 11) is 0. The highest BCUT2D eigenvalue weighted by molar-refractivity contribution is 5.48. The van der Waals surface area contributed by atoms with Crippen LogP contribution in [0.3, 0.4) is 0 Å². The highest BCUT2D eigenvalue weighted by Gasteiger charge is 2.29. The van der Waals surface area contributed by atoms with Gasteiger partial charge in [-0.1, -0.05) is 13.0 Å². The van der Waals surface area contributed by atoms with E-state index >= 15 is 0 Å². The van der Waals surface area contributed by atoms with E-state index in [0.717, 1.165) is 24.9 Å². The highest BCUT2D eigenvalue weighted by atomic mass is 16.6. The second-order valence-electron chi connectivity index (χ2n) is 4.99. The second-order valence-corrected chi connectivity index (χ2v) is 4.99. The number of hydrogen-bond acceptors (Lipinski definition) is 5. The number of benzene rings is 1. The number of aliphatic hydroxyl groups is 1. The van der Waals surface area contributed by atoms with E-state index in [1.807, 2.05) is 13.0 Å². The third-order valence-electron chi connectivity index (χ3n) is 3.50. The Kier molecular flexibility index (Phi) is 4.92. The fraction of sp³-hybridized carbons (Fsp3) is 0.571. The van der Waals surface area contributed by atoms with Crippen LogP contribution < -0.4 is 10.1 Å². The summed E-state index contributed by atoms with van der Waals surface area (Å²) in [6.45, 7) is 3.37. The summed E-state index contributed by atoms with van der Waals surface area (Å²) >= 11 is 0. The lowest BCUT2D eigenvalue weighted by Crippen LogP contribution is -2.26. The van der Waals surface area contributed by atoms with Crippen LogP contribution in [0.5, 0.6) is 5.75 Å². The Balaban J connectivity index is 2.16. The number of ether oxygens (including phenoxy) is 1. The molecule has 6 heteroatoms. The lowest BCUT2D eigenvalue weighted by atomic mass is 10.1. The zero-order chi connectivity index (χ0) is 14.5. The molecule has 2 rings (SSSR count). The van der Waals surface area contributed by atoms with Crippen molar-refractivity contribution >= 4 is 5.69 Å². The normalized spacial score (nSPS) is 21.9. The Labute approximate surface area is 117 Å². The maximum Gasteiger partial charge on any atom is 0.311 e. The minimum Gasteiger partial charge on any atom is -0.481 e. The van der Waals surface area contributed by atoms with E-state index in [-0.39, 0.29) is 17.5 Å². The first-order valence-electron chi connectivity index (χ1n) is 6.94. The van der Waals surface area contributed by atoms with Gasteiger partial charge in [-0.25, -0.2) is 0 Å². The van der Waals surface area contributed by atoms with Gasteiger partial charge in [0.25, 0.3) is 0 Å². The molecule has 0 aliphatic heterocycles. The second kappa shape index (κ2) is 6.67. The molecule has 1 aromatic carbocycles. The third kappa shape index (κ3) is 3.46. The van der Waals surface area contributed by atoms with Crippen molar-refractivity contribution in [2.45, 2.75) is 44.9 Å². The first-order chi connectivity index (χ1) is 9.61. The van der Waals surface area contributed by atoms with Gasteiger partial charge in [-0.15, -0.1) is 0 Å². The van der Waals surface area contributed by atoms with Crippen LogP contribution in [0.15, 0.2) is 18.2 Å². The smallest absolute Gasteiger partial charge is 0.311 e. The van der Waals surface area contributed by atoms with Crippen molar-refractivity contribution in [1.29, 1.82) is 0 Å². The Morgan fingerprint density at radius 3 is 2.90 bits per heavy atom.